The van der Waals surface area contributed by atoms with Crippen molar-refractivity contribution in [1.82, 2.24) is 9.55 Å². The first-order valence-electron chi connectivity index (χ1n) is 26.0. The molecule has 6 N–H and O–H groups in total. The number of nitrogen functional groups attached to an aromatic ring is 2. The van der Waals surface area contributed by atoms with Crippen molar-refractivity contribution in [2.45, 2.75) is 105 Å². The number of fused-ring (bicyclic) bond motifs is 1. The minimum absolute atomic E-state index is 0. The van der Waals surface area contributed by atoms with Crippen LogP contribution in [-0.2, 0) is 140 Å². The molecule has 0 spiro atoms. The van der Waals surface area contributed by atoms with Crippen LogP contribution >= 0.6 is 46.4 Å². The zero-order chi connectivity index (χ0) is 60.0. The summed E-state index contributed by atoms with van der Waals surface area (Å²) in [5.41, 5.74) is 22.1. The normalized spacial score (nSPS) is 8.47. The van der Waals surface area contributed by atoms with Gasteiger partial charge in [-0.05, 0) is 66.4 Å². The third-order valence-corrected chi connectivity index (χ3v) is 9.48. The zero-order valence-corrected chi connectivity index (χ0v) is 62.6. The van der Waals surface area contributed by atoms with Crippen LogP contribution in [0.3, 0.4) is 0 Å². The molecule has 0 aliphatic rings. The van der Waals surface area contributed by atoms with E-state index in [2.05, 4.69) is 76.1 Å². The van der Waals surface area contributed by atoms with E-state index < -0.39 is 0 Å². The van der Waals surface area contributed by atoms with Crippen molar-refractivity contribution in [3.8, 4) is 5.69 Å². The molecule has 7 aromatic carbocycles. The van der Waals surface area contributed by atoms with E-state index in [0.717, 1.165) is 56.2 Å². The number of nitrogens with zero attached hydrogens (tertiary/aromatic N) is 3. The van der Waals surface area contributed by atoms with Gasteiger partial charge in [-0.2, -0.15) is 5.75 Å². The number of nitrogens with one attached hydrogen (secondary N) is 2. The topological polar surface area (TPSA) is 140 Å². The van der Waals surface area contributed by atoms with Gasteiger partial charge in [-0.1, -0.05) is 281 Å². The molecule has 0 aliphatic carbocycles. The third-order valence-electron chi connectivity index (χ3n) is 8.53. The molecule has 0 saturated heterocycles. The number of rotatable bonds is 6. The molecule has 0 atom stereocenters. The van der Waals surface area contributed by atoms with Crippen molar-refractivity contribution >= 4 is 104 Å². The van der Waals surface area contributed by atoms with Gasteiger partial charge in [0.15, 0.2) is 0 Å². The fraction of sp³-hybridized carbons (Fsp3) is 0.246. The van der Waals surface area contributed by atoms with E-state index in [1.807, 2.05) is 208 Å². The van der Waals surface area contributed by atoms with Gasteiger partial charge in [-0.15, -0.1) is 17.2 Å². The number of nitrogens with two attached hydrogens (primary N) is 2. The number of para-hydroxylation sites is 7. The Balaban J connectivity index is -0.000000108. The molecular weight excluding hydrogens is 1360 g/mol. The van der Waals surface area contributed by atoms with Crippen molar-refractivity contribution in [3.63, 3.8) is 0 Å². The Kier molecular flexibility index (Phi) is 69.6. The molecule has 0 aliphatic heterocycles. The number of amides is 1. The second-order valence-corrected chi connectivity index (χ2v) is 14.4. The SMILES string of the molecule is CC.CC.CC.CC.Cc1cccc(Cl)c1N.Cc1cccc(Cl)c1N=[C-]Nc1ccccc1.Cc1cccc(Cl)c1N[C-]=O.Cc1cccc2c1n[c-]n2-c1ccccc1.Nc1ccccc1.O=[C-]Cl.[3H]C.[3H]C.[3H]C.[Y].[Y].[Y].[Y]. The number of hydrogen-bond donors (Lipinski definition) is 4. The Morgan fingerprint density at radius 3 is 1.37 bits per heavy atom. The molecule has 416 valence electrons. The number of aromatic nitrogens is 2. The van der Waals surface area contributed by atoms with E-state index in [0.29, 0.717) is 26.4 Å². The molecule has 8 rings (SSSR count). The van der Waals surface area contributed by atoms with Crippen LogP contribution in [0, 0.1) is 34.0 Å². The van der Waals surface area contributed by atoms with E-state index in [4.69, 9.17) is 55.2 Å². The minimum Gasteiger partial charge on any atom is -0.525 e. The van der Waals surface area contributed by atoms with Crippen molar-refractivity contribution in [1.29, 1.82) is 0 Å². The summed E-state index contributed by atoms with van der Waals surface area (Å²) in [5, 5.41) is 7.18. The molecule has 78 heavy (non-hydrogen) atoms. The Bertz CT molecular complexity index is 2610. The summed E-state index contributed by atoms with van der Waals surface area (Å²) in [6.45, 7) is 23.8. The first-order chi connectivity index (χ1) is 37.4. The molecule has 1 aromatic heterocycles. The molecule has 4 radical (unpaired) electrons. The molecular formula is C61H81Cl4N7O2Y4-4. The molecule has 8 aromatic rings. The van der Waals surface area contributed by atoms with Gasteiger partial charge in [0.05, 0.1) is 17.1 Å². The number of hydrogen-bond acceptors (Lipinski definition) is 6. The fourth-order valence-corrected chi connectivity index (χ4v) is 6.03. The number of aliphatic imine (C=N–C) groups is 1. The van der Waals surface area contributed by atoms with Crippen LogP contribution in [0.4, 0.5) is 28.4 Å². The molecule has 9 nitrogen and oxygen atoms in total. The van der Waals surface area contributed by atoms with Gasteiger partial charge >= 0.3 is 0 Å². The molecule has 0 fully saturated rings. The summed E-state index contributed by atoms with van der Waals surface area (Å²) in [5.74, 6) is 0.972. The number of imidazole rings is 1. The summed E-state index contributed by atoms with van der Waals surface area (Å²) < 4.78 is 19.2. The minimum atomic E-state index is 0. The van der Waals surface area contributed by atoms with Gasteiger partial charge in [0.1, 0.15) is 0 Å². The second-order valence-electron chi connectivity index (χ2n) is 13.1. The van der Waals surface area contributed by atoms with Gasteiger partial charge in [0.2, 0.25) is 0 Å². The first kappa shape index (κ1) is 87.0. The maximum absolute atomic E-state index is 9.98. The maximum atomic E-state index is 9.98. The molecule has 17 heteroatoms. The maximum Gasteiger partial charge on any atom is 0.0693 e. The van der Waals surface area contributed by atoms with Crippen LogP contribution in [0.1, 0.15) is 104 Å². The number of aryl methyl sites for hydroxylation is 4. The van der Waals surface area contributed by atoms with Gasteiger partial charge in [0, 0.05) is 158 Å². The molecule has 1 heterocycles. The zero-order valence-electron chi connectivity index (χ0n) is 51.2. The third kappa shape index (κ3) is 39.3. The number of carbonyl (C=O) groups excluding carboxylic acids is 2. The fourth-order valence-electron chi connectivity index (χ4n) is 5.27. The Morgan fingerprint density at radius 2 is 0.949 bits per heavy atom. The summed E-state index contributed by atoms with van der Waals surface area (Å²) >= 11 is 21.7. The van der Waals surface area contributed by atoms with Gasteiger partial charge in [-0.3, -0.25) is 0 Å². The van der Waals surface area contributed by atoms with Crippen molar-refractivity contribution in [2.75, 3.05) is 22.1 Å². The molecule has 0 unspecified atom stereocenters. The summed E-state index contributed by atoms with van der Waals surface area (Å²) in [6, 6.07) is 52.3. The van der Waals surface area contributed by atoms with Gasteiger partial charge < -0.3 is 57.8 Å². The van der Waals surface area contributed by atoms with Gasteiger partial charge in [-0.25, -0.2) is 0 Å². The van der Waals surface area contributed by atoms with Crippen LogP contribution in [0.25, 0.3) is 16.7 Å². The average Bonchev–Trinajstić information content (AvgIpc) is 3.93. The van der Waals surface area contributed by atoms with E-state index >= 15 is 0 Å². The van der Waals surface area contributed by atoms with Crippen LogP contribution in [-0.4, -0.2) is 28.0 Å². The van der Waals surface area contributed by atoms with Crippen molar-refractivity contribution in [2.24, 2.45) is 4.99 Å². The van der Waals surface area contributed by atoms with Crippen molar-refractivity contribution in [3.05, 3.63) is 207 Å². The van der Waals surface area contributed by atoms with Crippen LogP contribution < -0.4 is 22.1 Å². The number of benzene rings is 7. The predicted octanol–water partition coefficient (Wildman–Crippen LogP) is 19.4. The van der Waals surface area contributed by atoms with E-state index in [1.54, 1.807) is 18.5 Å². The standard InChI is InChI=1S/C14H12ClN2.C14H11N2.C8H7ClNO.C7H8ClN.C6H7N.4C2H6.CClO.3CH4.4Y/c1-11-6-5-9-13(15)14(11)17-10-16-12-7-3-2-4-8-12;1-11-6-5-9-13-14(11)15-10-16(13)12-7-3-2-4-8-12;1-6-3-2-4-7(9)8(6)10-5-11;1-5-3-2-4-6(8)7(5)9;7-6-4-2-1-3-5-6;4*1-2;2-1-3;;;;;;;/h2-9H,1H3,(H,16,17);2-9H,1H3;2-4H,1H3,(H,10,11);2-4H,9H2,1H3;1-5H,7H2;4*1-2H3;;3*1H4;;;;/q3*-1;;;;;;;-1;;;;;;;/i;;;;;;;;;;3*1T;;;;. The average molecular weight is 1450 g/mol. The largest absolute Gasteiger partial charge is 0.525 e. The van der Waals surface area contributed by atoms with Crippen LogP contribution in [0.5, 0.6) is 0 Å². The van der Waals surface area contributed by atoms with Gasteiger partial charge in [0.25, 0.3) is 0 Å². The predicted molar refractivity (Wildman–Crippen MR) is 332 cm³/mol. The summed E-state index contributed by atoms with van der Waals surface area (Å²) in [4.78, 5) is 27.0. The Morgan fingerprint density at radius 1 is 0.538 bits per heavy atom. The van der Waals surface area contributed by atoms with E-state index in [9.17, 15) is 4.79 Å². The van der Waals surface area contributed by atoms with E-state index in [1.165, 1.54) is 27.8 Å². The van der Waals surface area contributed by atoms with Crippen LogP contribution in [0.15, 0.2) is 169 Å². The number of halogens is 4. The Hall–Kier alpha value is -2.20. The summed E-state index contributed by atoms with van der Waals surface area (Å²) in [6.07, 6.45) is 7.41. The summed E-state index contributed by atoms with van der Waals surface area (Å²) in [7, 11) is 3.75. The quantitative estimate of drug-likeness (QED) is 0.0326. The Labute approximate surface area is 596 Å². The monoisotopic (exact) mass is 1450 g/mol. The number of anilines is 4. The molecule has 1 amide bonds. The van der Waals surface area contributed by atoms with E-state index in [-0.39, 0.29) is 131 Å². The van der Waals surface area contributed by atoms with Crippen LogP contribution in [0.2, 0.25) is 15.1 Å². The second kappa shape index (κ2) is 62.4. The van der Waals surface area contributed by atoms with Crippen molar-refractivity contribution < 1.29 is 145 Å². The molecule has 0 saturated carbocycles. The first-order valence-corrected chi connectivity index (χ1v) is 24.5. The molecule has 0 bridgehead atoms. The smallest absolute Gasteiger partial charge is 0.0693 e.